The van der Waals surface area contributed by atoms with Crippen molar-refractivity contribution in [2.24, 2.45) is 5.41 Å². The van der Waals surface area contributed by atoms with Crippen LogP contribution in [-0.2, 0) is 11.2 Å². The number of carbonyl (C=O) groups is 1. The lowest BCUT2D eigenvalue weighted by Gasteiger charge is -2.40. The van der Waals surface area contributed by atoms with E-state index in [1.165, 1.54) is 19.4 Å². The Labute approximate surface area is 181 Å². The van der Waals surface area contributed by atoms with E-state index in [0.29, 0.717) is 43.2 Å². The molecule has 2 N–H and O–H groups in total. The van der Waals surface area contributed by atoms with E-state index in [9.17, 15) is 14.7 Å². The number of carboxylic acids is 1. The Bertz CT molecular complexity index is 1030. The van der Waals surface area contributed by atoms with Crippen molar-refractivity contribution in [3.05, 3.63) is 45.7 Å². The standard InChI is InChI=1S/C23H29NO7/c1-23(2,13-29-3)21-9-14-8-20(31-7-5-6-25)19(30-4)10-15(14)17-11-18(26)16(22(27)28)12-24(17)21/h8,10-12,21,25H,5-7,9,13H2,1-4H3,(H,27,28). The first kappa shape index (κ1) is 22.8. The number of aliphatic hydroxyl groups is 1. The lowest BCUT2D eigenvalue weighted by Crippen LogP contribution is -2.37. The molecule has 0 spiro atoms. The lowest BCUT2D eigenvalue weighted by atomic mass is 9.77. The molecule has 2 aromatic rings. The molecule has 1 aromatic carbocycles. The van der Waals surface area contributed by atoms with E-state index < -0.39 is 11.4 Å². The van der Waals surface area contributed by atoms with Crippen molar-refractivity contribution < 1.29 is 29.2 Å². The van der Waals surface area contributed by atoms with Crippen molar-refractivity contribution in [1.29, 1.82) is 0 Å². The molecule has 1 aromatic heterocycles. The molecule has 8 heteroatoms. The third-order valence-electron chi connectivity index (χ3n) is 5.70. The fourth-order valence-corrected chi connectivity index (χ4v) is 4.14. The first-order valence-electron chi connectivity index (χ1n) is 10.2. The summed E-state index contributed by atoms with van der Waals surface area (Å²) in [6.07, 6.45) is 2.53. The number of rotatable bonds is 9. The summed E-state index contributed by atoms with van der Waals surface area (Å²) in [6.45, 7) is 4.94. The molecular weight excluding hydrogens is 402 g/mol. The van der Waals surface area contributed by atoms with Gasteiger partial charge in [-0.1, -0.05) is 13.8 Å². The van der Waals surface area contributed by atoms with Crippen LogP contribution >= 0.6 is 0 Å². The summed E-state index contributed by atoms with van der Waals surface area (Å²) in [5.41, 5.74) is 1.24. The third-order valence-corrected chi connectivity index (χ3v) is 5.70. The van der Waals surface area contributed by atoms with Crippen molar-refractivity contribution >= 4 is 5.97 Å². The van der Waals surface area contributed by atoms with Gasteiger partial charge >= 0.3 is 5.97 Å². The van der Waals surface area contributed by atoms with Crippen LogP contribution in [-0.4, -0.2) is 54.8 Å². The summed E-state index contributed by atoms with van der Waals surface area (Å²) < 4.78 is 18.6. The second-order valence-corrected chi connectivity index (χ2v) is 8.38. The summed E-state index contributed by atoms with van der Waals surface area (Å²) in [6, 6.07) is 4.95. The molecule has 0 radical (unpaired) electrons. The predicted octanol–water partition coefficient (Wildman–Crippen LogP) is 2.75. The van der Waals surface area contributed by atoms with Crippen LogP contribution < -0.4 is 14.9 Å². The summed E-state index contributed by atoms with van der Waals surface area (Å²) in [4.78, 5) is 24.1. The van der Waals surface area contributed by atoms with Gasteiger partial charge in [0.15, 0.2) is 16.9 Å². The van der Waals surface area contributed by atoms with Gasteiger partial charge in [0.25, 0.3) is 0 Å². The molecule has 8 nitrogen and oxygen atoms in total. The molecule has 2 heterocycles. The minimum atomic E-state index is -1.25. The van der Waals surface area contributed by atoms with E-state index in [4.69, 9.17) is 19.3 Å². The molecule has 168 valence electrons. The van der Waals surface area contributed by atoms with Crippen LogP contribution in [0.1, 0.15) is 42.2 Å². The van der Waals surface area contributed by atoms with Crippen LogP contribution in [0.25, 0.3) is 11.3 Å². The van der Waals surface area contributed by atoms with Crippen LogP contribution in [0.15, 0.2) is 29.2 Å². The molecule has 1 unspecified atom stereocenters. The number of aliphatic hydroxyl groups excluding tert-OH is 1. The molecule has 0 fully saturated rings. The minimum absolute atomic E-state index is 0.0305. The number of aromatic nitrogens is 1. The van der Waals surface area contributed by atoms with Gasteiger partial charge in [-0.2, -0.15) is 0 Å². The number of pyridine rings is 1. The molecular formula is C23H29NO7. The van der Waals surface area contributed by atoms with Crippen LogP contribution in [0.3, 0.4) is 0 Å². The maximum Gasteiger partial charge on any atom is 0.341 e. The smallest absolute Gasteiger partial charge is 0.341 e. The largest absolute Gasteiger partial charge is 0.493 e. The monoisotopic (exact) mass is 431 g/mol. The van der Waals surface area contributed by atoms with Crippen molar-refractivity contribution in [1.82, 2.24) is 4.57 Å². The Morgan fingerprint density at radius 3 is 2.58 bits per heavy atom. The first-order chi connectivity index (χ1) is 14.7. The van der Waals surface area contributed by atoms with Gasteiger partial charge in [-0.05, 0) is 24.1 Å². The topological polar surface area (TPSA) is 107 Å². The summed E-state index contributed by atoms with van der Waals surface area (Å²) in [7, 11) is 3.17. The van der Waals surface area contributed by atoms with Crippen LogP contribution in [0.2, 0.25) is 0 Å². The molecule has 3 rings (SSSR count). The summed E-state index contributed by atoms with van der Waals surface area (Å²) >= 11 is 0. The number of aromatic carboxylic acids is 1. The maximum atomic E-state index is 12.5. The first-order valence-corrected chi connectivity index (χ1v) is 10.2. The molecule has 0 saturated heterocycles. The number of hydrogen-bond donors (Lipinski definition) is 2. The number of hydrogen-bond acceptors (Lipinski definition) is 6. The average Bonchev–Trinajstić information content (AvgIpc) is 2.72. The van der Waals surface area contributed by atoms with Crippen molar-refractivity contribution in [2.45, 2.75) is 32.7 Å². The van der Waals surface area contributed by atoms with Crippen LogP contribution in [0.4, 0.5) is 0 Å². The fourth-order valence-electron chi connectivity index (χ4n) is 4.14. The van der Waals surface area contributed by atoms with Crippen molar-refractivity contribution in [2.75, 3.05) is 34.0 Å². The van der Waals surface area contributed by atoms with E-state index >= 15 is 0 Å². The Kier molecular flexibility index (Phi) is 6.71. The van der Waals surface area contributed by atoms with Crippen LogP contribution in [0.5, 0.6) is 11.5 Å². The zero-order valence-corrected chi connectivity index (χ0v) is 18.3. The highest BCUT2D eigenvalue weighted by molar-refractivity contribution is 5.88. The van der Waals surface area contributed by atoms with Crippen molar-refractivity contribution in [3.8, 4) is 22.8 Å². The normalized spacial score (nSPS) is 15.2. The van der Waals surface area contributed by atoms with E-state index in [-0.39, 0.29) is 23.6 Å². The molecule has 31 heavy (non-hydrogen) atoms. The summed E-state index contributed by atoms with van der Waals surface area (Å²) in [5.74, 6) is -0.178. The van der Waals surface area contributed by atoms with E-state index in [1.807, 2.05) is 16.7 Å². The SMILES string of the molecule is COCC(C)(C)C1Cc2cc(OCCCO)c(OC)cc2-c2cc(=O)c(C(=O)O)cn21. The fraction of sp³-hybridized carbons (Fsp3) is 0.478. The van der Waals surface area contributed by atoms with Crippen molar-refractivity contribution in [3.63, 3.8) is 0 Å². The predicted molar refractivity (Wildman–Crippen MR) is 115 cm³/mol. The van der Waals surface area contributed by atoms with Gasteiger partial charge in [0.1, 0.15) is 5.56 Å². The molecule has 1 aliphatic heterocycles. The second kappa shape index (κ2) is 9.11. The maximum absolute atomic E-state index is 12.5. The average molecular weight is 431 g/mol. The zero-order valence-electron chi connectivity index (χ0n) is 18.3. The third kappa shape index (κ3) is 4.45. The van der Waals surface area contributed by atoms with Crippen LogP contribution in [0, 0.1) is 5.41 Å². The van der Waals surface area contributed by atoms with Gasteiger partial charge in [0.05, 0.1) is 26.0 Å². The molecule has 0 aliphatic carbocycles. The lowest BCUT2D eigenvalue weighted by molar-refractivity contribution is 0.0615. The Hall–Kier alpha value is -2.84. The molecule has 1 atom stereocenters. The van der Waals surface area contributed by atoms with Gasteiger partial charge in [-0.15, -0.1) is 0 Å². The van der Waals surface area contributed by atoms with E-state index in [1.54, 1.807) is 7.11 Å². The molecule has 1 aliphatic rings. The Balaban J connectivity index is 2.21. The number of ether oxygens (including phenoxy) is 3. The molecule has 0 saturated carbocycles. The van der Waals surface area contributed by atoms with E-state index in [0.717, 1.165) is 11.1 Å². The number of nitrogens with zero attached hydrogens (tertiary/aromatic N) is 1. The summed E-state index contributed by atoms with van der Waals surface area (Å²) in [5, 5.41) is 18.5. The molecule has 0 bridgehead atoms. The van der Waals surface area contributed by atoms with Gasteiger partial charge in [-0.3, -0.25) is 4.79 Å². The van der Waals surface area contributed by atoms with E-state index in [2.05, 4.69) is 13.8 Å². The highest BCUT2D eigenvalue weighted by Gasteiger charge is 2.37. The van der Waals surface area contributed by atoms with Gasteiger partial charge < -0.3 is 29.0 Å². The van der Waals surface area contributed by atoms with Gasteiger partial charge in [0, 0.05) is 49.4 Å². The number of methoxy groups -OCH3 is 2. The Morgan fingerprint density at radius 1 is 1.23 bits per heavy atom. The number of carboxylic acid groups (broad SMARTS) is 1. The number of fused-ring (bicyclic) bond motifs is 3. The van der Waals surface area contributed by atoms with Gasteiger partial charge in [0.2, 0.25) is 0 Å². The minimum Gasteiger partial charge on any atom is -0.493 e. The zero-order chi connectivity index (χ0) is 22.8. The van der Waals surface area contributed by atoms with Gasteiger partial charge in [-0.25, -0.2) is 4.79 Å². The second-order valence-electron chi connectivity index (χ2n) is 8.38. The quantitative estimate of drug-likeness (QED) is 0.588. The highest BCUT2D eigenvalue weighted by atomic mass is 16.5. The highest BCUT2D eigenvalue weighted by Crippen LogP contribution is 2.46. The number of benzene rings is 1. The molecule has 0 amide bonds. The Morgan fingerprint density at radius 2 is 1.97 bits per heavy atom.